The molecular weight excluding hydrogens is 434 g/mol. The van der Waals surface area contributed by atoms with Gasteiger partial charge in [0.15, 0.2) is 0 Å². The Bertz CT molecular complexity index is 747. The third kappa shape index (κ3) is 6.11. The van der Waals surface area contributed by atoms with E-state index in [1.807, 2.05) is 13.8 Å². The average molecular weight is 476 g/mol. The molecule has 4 bridgehead atoms. The maximum Gasteiger partial charge on any atom is 0.407 e. The first-order valence-corrected chi connectivity index (χ1v) is 13.2. The van der Waals surface area contributed by atoms with Crippen LogP contribution in [0.15, 0.2) is 0 Å². The summed E-state index contributed by atoms with van der Waals surface area (Å²) in [5, 5.41) is 8.18. The number of carbonyl (C=O) groups is 4. The van der Waals surface area contributed by atoms with Crippen LogP contribution in [-0.2, 0) is 19.1 Å². The van der Waals surface area contributed by atoms with Crippen LogP contribution < -0.4 is 16.0 Å². The first-order chi connectivity index (χ1) is 16.2. The fourth-order valence-corrected chi connectivity index (χ4v) is 7.45. The van der Waals surface area contributed by atoms with E-state index in [9.17, 15) is 19.2 Å². The topological polar surface area (TPSA) is 114 Å². The smallest absolute Gasteiger partial charge is 0.407 e. The number of hydrogen-bond donors (Lipinski definition) is 3. The first-order valence-electron chi connectivity index (χ1n) is 13.2. The van der Waals surface area contributed by atoms with Crippen LogP contribution in [0.1, 0.15) is 78.1 Å². The summed E-state index contributed by atoms with van der Waals surface area (Å²) < 4.78 is 5.54. The van der Waals surface area contributed by atoms with Crippen LogP contribution in [0.25, 0.3) is 0 Å². The summed E-state index contributed by atoms with van der Waals surface area (Å²) in [5.41, 5.74) is 0.341. The van der Waals surface area contributed by atoms with Crippen molar-refractivity contribution in [2.24, 2.45) is 35.0 Å². The van der Waals surface area contributed by atoms with Gasteiger partial charge in [0, 0.05) is 12.5 Å². The fraction of sp³-hybridized carbons (Fsp3) is 0.846. The van der Waals surface area contributed by atoms with Crippen molar-refractivity contribution in [2.45, 2.75) is 90.1 Å². The van der Waals surface area contributed by atoms with Gasteiger partial charge in [0.25, 0.3) is 0 Å². The Morgan fingerprint density at radius 3 is 2.29 bits per heavy atom. The minimum Gasteiger partial charge on any atom is -0.450 e. The Balaban J connectivity index is 1.25. The van der Waals surface area contributed by atoms with Crippen LogP contribution in [0, 0.1) is 35.0 Å². The summed E-state index contributed by atoms with van der Waals surface area (Å²) >= 11 is 0. The Morgan fingerprint density at radius 1 is 1.12 bits per heavy atom. The molecule has 1 heterocycles. The molecule has 1 saturated heterocycles. The summed E-state index contributed by atoms with van der Waals surface area (Å²) in [4.78, 5) is 48.8. The molecular formula is C26H41N3O5. The number of amides is 3. The lowest BCUT2D eigenvalue weighted by atomic mass is 9.49. The molecule has 0 spiro atoms. The van der Waals surface area contributed by atoms with Gasteiger partial charge in [-0.15, -0.1) is 0 Å². The zero-order valence-corrected chi connectivity index (χ0v) is 20.6. The van der Waals surface area contributed by atoms with E-state index in [-0.39, 0.29) is 24.2 Å². The molecule has 0 radical (unpaired) electrons. The van der Waals surface area contributed by atoms with Crippen molar-refractivity contribution in [3.63, 3.8) is 0 Å². The van der Waals surface area contributed by atoms with Crippen molar-refractivity contribution in [1.82, 2.24) is 16.0 Å². The van der Waals surface area contributed by atoms with Crippen LogP contribution in [0.4, 0.5) is 4.79 Å². The lowest BCUT2D eigenvalue weighted by Gasteiger charge is -2.57. The van der Waals surface area contributed by atoms with Crippen molar-refractivity contribution < 1.29 is 23.9 Å². The molecule has 3 amide bonds. The summed E-state index contributed by atoms with van der Waals surface area (Å²) in [6.07, 6.45) is 10.3. The highest BCUT2D eigenvalue weighted by Gasteiger charge is 2.50. The minimum absolute atomic E-state index is 0.0828. The predicted octanol–water partition coefficient (Wildman–Crippen LogP) is 2.94. The lowest BCUT2D eigenvalue weighted by molar-refractivity contribution is -0.127. The predicted molar refractivity (Wildman–Crippen MR) is 127 cm³/mol. The molecule has 3 N–H and O–H groups in total. The monoisotopic (exact) mass is 475 g/mol. The largest absolute Gasteiger partial charge is 0.450 e. The maximum atomic E-state index is 12.9. The van der Waals surface area contributed by atoms with Gasteiger partial charge in [0.1, 0.15) is 12.3 Å². The van der Waals surface area contributed by atoms with E-state index in [0.29, 0.717) is 37.7 Å². The third-order valence-electron chi connectivity index (χ3n) is 8.54. The van der Waals surface area contributed by atoms with Gasteiger partial charge in [-0.05, 0) is 93.3 Å². The highest BCUT2D eigenvalue weighted by molar-refractivity contribution is 5.88. The molecule has 0 aromatic carbocycles. The summed E-state index contributed by atoms with van der Waals surface area (Å²) in [6, 6.07) is -1.54. The maximum absolute atomic E-state index is 12.9. The zero-order valence-electron chi connectivity index (χ0n) is 20.6. The van der Waals surface area contributed by atoms with Gasteiger partial charge in [-0.1, -0.05) is 13.8 Å². The van der Waals surface area contributed by atoms with Gasteiger partial charge in [0.05, 0.1) is 12.6 Å². The Kier molecular flexibility index (Phi) is 7.83. The van der Waals surface area contributed by atoms with Crippen LogP contribution in [0.2, 0.25) is 0 Å². The standard InChI is InChI=1S/C26H41N3O5/c1-16(2)7-22(24(32)28-21(15-30)11-20-3-5-27-23(20)31)29-25(33)34-6-4-26-12-17-8-18(13-26)10-19(9-17)14-26/h15-22H,3-14H2,1-2H3,(H,27,31)(H,28,32)(H,29,33)/t17?,18?,19?,20-,21+,22+,26?/m1/s1. The number of ether oxygens (including phenoxy) is 1. The third-order valence-corrected chi connectivity index (χ3v) is 8.54. The Morgan fingerprint density at radius 2 is 1.76 bits per heavy atom. The molecule has 5 aliphatic rings. The lowest BCUT2D eigenvalue weighted by Crippen LogP contribution is -2.51. The Labute approximate surface area is 202 Å². The van der Waals surface area contributed by atoms with E-state index in [1.165, 1.54) is 38.5 Å². The SMILES string of the molecule is CC(C)C[C@H](NC(=O)OCCC12CC3CC(CC(C3)C1)C2)C(=O)N[C@H](C=O)C[C@H]1CCNC1=O. The Hall–Kier alpha value is -2.12. The fourth-order valence-electron chi connectivity index (χ4n) is 7.45. The number of rotatable bonds is 11. The van der Waals surface area contributed by atoms with Gasteiger partial charge < -0.3 is 25.5 Å². The van der Waals surface area contributed by atoms with E-state index in [1.54, 1.807) is 0 Å². The zero-order chi connectivity index (χ0) is 24.3. The van der Waals surface area contributed by atoms with Crippen molar-refractivity contribution in [2.75, 3.05) is 13.2 Å². The molecule has 0 aromatic heterocycles. The number of nitrogens with one attached hydrogen (secondary N) is 3. The molecule has 5 rings (SSSR count). The van der Waals surface area contributed by atoms with E-state index in [4.69, 9.17) is 4.74 Å². The summed E-state index contributed by atoms with van der Waals surface area (Å²) in [5.74, 6) is 1.98. The first kappa shape index (κ1) is 25.0. The van der Waals surface area contributed by atoms with Gasteiger partial charge >= 0.3 is 6.09 Å². The highest BCUT2D eigenvalue weighted by atomic mass is 16.5. The molecule has 1 aliphatic heterocycles. The molecule has 190 valence electrons. The number of aldehydes is 1. The van der Waals surface area contributed by atoms with E-state index in [0.717, 1.165) is 24.2 Å². The van der Waals surface area contributed by atoms with E-state index in [2.05, 4.69) is 16.0 Å². The molecule has 4 aliphatic carbocycles. The summed E-state index contributed by atoms with van der Waals surface area (Å²) in [6.45, 7) is 4.91. The van der Waals surface area contributed by atoms with Gasteiger partial charge in [-0.3, -0.25) is 9.59 Å². The van der Waals surface area contributed by atoms with Crippen molar-refractivity contribution in [1.29, 1.82) is 0 Å². The number of carbonyl (C=O) groups excluding carboxylic acids is 4. The second kappa shape index (κ2) is 10.6. The van der Waals surface area contributed by atoms with Crippen molar-refractivity contribution in [3.05, 3.63) is 0 Å². The number of hydrogen-bond acceptors (Lipinski definition) is 5. The average Bonchev–Trinajstić information content (AvgIpc) is 3.15. The van der Waals surface area contributed by atoms with E-state index >= 15 is 0 Å². The second-order valence-corrected chi connectivity index (χ2v) is 11.9. The molecule has 8 nitrogen and oxygen atoms in total. The van der Waals surface area contributed by atoms with Crippen LogP contribution in [0.5, 0.6) is 0 Å². The quantitative estimate of drug-likeness (QED) is 0.398. The van der Waals surface area contributed by atoms with Gasteiger partial charge in [0.2, 0.25) is 11.8 Å². The highest BCUT2D eigenvalue weighted by Crippen LogP contribution is 2.61. The molecule has 34 heavy (non-hydrogen) atoms. The van der Waals surface area contributed by atoms with E-state index < -0.39 is 24.1 Å². The minimum atomic E-state index is -0.785. The molecule has 0 unspecified atom stereocenters. The molecule has 0 aromatic rings. The summed E-state index contributed by atoms with van der Waals surface area (Å²) in [7, 11) is 0. The van der Waals surface area contributed by atoms with Crippen LogP contribution in [0.3, 0.4) is 0 Å². The van der Waals surface area contributed by atoms with Crippen molar-refractivity contribution in [3.8, 4) is 0 Å². The van der Waals surface area contributed by atoms with Gasteiger partial charge in [-0.25, -0.2) is 4.79 Å². The van der Waals surface area contributed by atoms with Crippen LogP contribution in [-0.4, -0.2) is 49.4 Å². The molecule has 3 atom stereocenters. The second-order valence-electron chi connectivity index (χ2n) is 11.9. The molecule has 8 heteroatoms. The molecule has 4 saturated carbocycles. The number of alkyl carbamates (subject to hydrolysis) is 1. The van der Waals surface area contributed by atoms with Crippen molar-refractivity contribution >= 4 is 24.2 Å². The normalized spacial score (nSPS) is 33.3. The molecule has 5 fully saturated rings. The van der Waals surface area contributed by atoms with Crippen LogP contribution >= 0.6 is 0 Å². The van der Waals surface area contributed by atoms with Gasteiger partial charge in [-0.2, -0.15) is 0 Å².